The van der Waals surface area contributed by atoms with Crippen LogP contribution in [-0.2, 0) is 0 Å². The van der Waals surface area contributed by atoms with Gasteiger partial charge >= 0.3 is 0 Å². The Morgan fingerprint density at radius 1 is 1.10 bits per heavy atom. The summed E-state index contributed by atoms with van der Waals surface area (Å²) in [4.78, 5) is 0. The highest BCUT2D eigenvalue weighted by Crippen LogP contribution is 2.28. The topological polar surface area (TPSA) is 21.3 Å². The molecule has 0 saturated heterocycles. The van der Waals surface area contributed by atoms with Crippen molar-refractivity contribution in [3.8, 4) is 11.5 Å². The molecule has 21 heavy (non-hydrogen) atoms. The van der Waals surface area contributed by atoms with Crippen molar-refractivity contribution in [2.45, 2.75) is 33.2 Å². The Hall–Kier alpha value is -1.51. The molecule has 2 nitrogen and oxygen atoms in total. The third kappa shape index (κ3) is 4.23. The Bertz CT molecular complexity index is 598. The third-order valence-corrected chi connectivity index (χ3v) is 3.91. The van der Waals surface area contributed by atoms with Crippen molar-refractivity contribution >= 4 is 11.6 Å². The summed E-state index contributed by atoms with van der Waals surface area (Å²) in [7, 11) is 0. The summed E-state index contributed by atoms with van der Waals surface area (Å²) in [6.45, 7) is 7.24. The molecule has 1 unspecified atom stereocenters. The monoisotopic (exact) mass is 303 g/mol. The van der Waals surface area contributed by atoms with E-state index in [1.54, 1.807) is 0 Å². The van der Waals surface area contributed by atoms with E-state index in [0.29, 0.717) is 6.04 Å². The van der Waals surface area contributed by atoms with Crippen LogP contribution in [0.25, 0.3) is 0 Å². The number of aryl methyl sites for hydroxylation is 1. The molecule has 112 valence electrons. The first-order valence-corrected chi connectivity index (χ1v) is 7.79. The van der Waals surface area contributed by atoms with Crippen molar-refractivity contribution in [3.05, 3.63) is 58.6 Å². The van der Waals surface area contributed by atoms with Crippen LogP contribution >= 0.6 is 11.6 Å². The quantitative estimate of drug-likeness (QED) is 0.760. The van der Waals surface area contributed by atoms with Crippen molar-refractivity contribution in [1.29, 1.82) is 0 Å². The smallest absolute Gasteiger partial charge is 0.127 e. The SMILES string of the molecule is CCNC(CC)c1cccc(Oc2ccc(Cl)c(C)c2)c1. The predicted octanol–water partition coefficient (Wildman–Crippen LogP) is 5.50. The van der Waals surface area contributed by atoms with Crippen molar-refractivity contribution in [3.63, 3.8) is 0 Å². The molecule has 3 heteroatoms. The maximum atomic E-state index is 6.04. The van der Waals surface area contributed by atoms with Crippen molar-refractivity contribution in [2.24, 2.45) is 0 Å². The summed E-state index contributed by atoms with van der Waals surface area (Å²) in [5.41, 5.74) is 2.27. The number of rotatable bonds is 6. The molecule has 0 aromatic heterocycles. The lowest BCUT2D eigenvalue weighted by Gasteiger charge is -2.17. The second kappa shape index (κ2) is 7.48. The van der Waals surface area contributed by atoms with Gasteiger partial charge in [-0.1, -0.05) is 37.6 Å². The second-order valence-corrected chi connectivity index (χ2v) is 5.51. The maximum absolute atomic E-state index is 6.04. The van der Waals surface area contributed by atoms with E-state index in [1.807, 2.05) is 37.3 Å². The molecule has 0 heterocycles. The van der Waals surface area contributed by atoms with Crippen LogP contribution in [0, 0.1) is 6.92 Å². The van der Waals surface area contributed by atoms with Crippen LogP contribution in [0.5, 0.6) is 11.5 Å². The summed E-state index contributed by atoms with van der Waals surface area (Å²) in [5.74, 6) is 1.66. The molecule has 1 N–H and O–H groups in total. The summed E-state index contributed by atoms with van der Waals surface area (Å²) in [6, 6.07) is 14.3. The third-order valence-electron chi connectivity index (χ3n) is 3.48. The zero-order valence-electron chi connectivity index (χ0n) is 12.8. The van der Waals surface area contributed by atoms with E-state index < -0.39 is 0 Å². The Kier molecular flexibility index (Phi) is 5.66. The van der Waals surface area contributed by atoms with Crippen LogP contribution in [0.2, 0.25) is 5.02 Å². The van der Waals surface area contributed by atoms with Crippen LogP contribution in [0.1, 0.15) is 37.4 Å². The molecule has 0 aliphatic rings. The molecule has 0 spiro atoms. The first-order valence-electron chi connectivity index (χ1n) is 7.41. The van der Waals surface area contributed by atoms with Gasteiger partial charge in [0.25, 0.3) is 0 Å². The van der Waals surface area contributed by atoms with Crippen LogP contribution in [-0.4, -0.2) is 6.54 Å². The van der Waals surface area contributed by atoms with Crippen LogP contribution in [0.4, 0.5) is 0 Å². The lowest BCUT2D eigenvalue weighted by atomic mass is 10.0. The zero-order chi connectivity index (χ0) is 15.2. The molecule has 0 amide bonds. The minimum atomic E-state index is 0.366. The molecular weight excluding hydrogens is 282 g/mol. The molecule has 0 bridgehead atoms. The van der Waals surface area contributed by atoms with Gasteiger partial charge in [0.05, 0.1) is 0 Å². The first kappa shape index (κ1) is 15.9. The molecule has 0 aliphatic heterocycles. The van der Waals surface area contributed by atoms with E-state index in [4.69, 9.17) is 16.3 Å². The Balaban J connectivity index is 2.18. The molecular formula is C18H22ClNO. The number of ether oxygens (including phenoxy) is 1. The minimum Gasteiger partial charge on any atom is -0.457 e. The molecule has 1 atom stereocenters. The van der Waals surface area contributed by atoms with Crippen LogP contribution in [0.3, 0.4) is 0 Å². The number of hydrogen-bond acceptors (Lipinski definition) is 2. The van der Waals surface area contributed by atoms with Gasteiger partial charge < -0.3 is 10.1 Å². The van der Waals surface area contributed by atoms with E-state index in [9.17, 15) is 0 Å². The Morgan fingerprint density at radius 2 is 1.86 bits per heavy atom. The highest BCUT2D eigenvalue weighted by molar-refractivity contribution is 6.31. The first-order chi connectivity index (χ1) is 10.1. The van der Waals surface area contributed by atoms with E-state index in [0.717, 1.165) is 35.1 Å². The highest BCUT2D eigenvalue weighted by Gasteiger charge is 2.09. The predicted molar refractivity (Wildman–Crippen MR) is 89.4 cm³/mol. The fourth-order valence-corrected chi connectivity index (χ4v) is 2.47. The van der Waals surface area contributed by atoms with Gasteiger partial charge in [-0.2, -0.15) is 0 Å². The largest absolute Gasteiger partial charge is 0.457 e. The molecule has 2 aromatic rings. The van der Waals surface area contributed by atoms with Crippen molar-refractivity contribution in [2.75, 3.05) is 6.54 Å². The number of benzene rings is 2. The molecule has 0 saturated carbocycles. The fourth-order valence-electron chi connectivity index (χ4n) is 2.36. The summed E-state index contributed by atoms with van der Waals surface area (Å²) < 4.78 is 5.94. The van der Waals surface area contributed by atoms with Gasteiger partial charge in [-0.3, -0.25) is 0 Å². The van der Waals surface area contributed by atoms with E-state index in [-0.39, 0.29) is 0 Å². The molecule has 0 aliphatic carbocycles. The molecule has 0 radical (unpaired) electrons. The van der Waals surface area contributed by atoms with Gasteiger partial charge in [0.1, 0.15) is 11.5 Å². The van der Waals surface area contributed by atoms with E-state index in [1.165, 1.54) is 5.56 Å². The van der Waals surface area contributed by atoms with Crippen molar-refractivity contribution in [1.82, 2.24) is 5.32 Å². The standard InChI is InChI=1S/C18H22ClNO/c1-4-18(20-5-2)14-7-6-8-15(12-14)21-16-9-10-17(19)13(3)11-16/h6-12,18,20H,4-5H2,1-3H3. The van der Waals surface area contributed by atoms with Crippen molar-refractivity contribution < 1.29 is 4.74 Å². The Morgan fingerprint density at radius 3 is 2.52 bits per heavy atom. The second-order valence-electron chi connectivity index (χ2n) is 5.10. The molecule has 0 fully saturated rings. The fraction of sp³-hybridized carbons (Fsp3) is 0.333. The van der Waals surface area contributed by atoms with Crippen LogP contribution in [0.15, 0.2) is 42.5 Å². The maximum Gasteiger partial charge on any atom is 0.127 e. The minimum absolute atomic E-state index is 0.366. The lowest BCUT2D eigenvalue weighted by Crippen LogP contribution is -2.19. The zero-order valence-corrected chi connectivity index (χ0v) is 13.6. The number of nitrogens with one attached hydrogen (secondary N) is 1. The number of hydrogen-bond donors (Lipinski definition) is 1. The highest BCUT2D eigenvalue weighted by atomic mass is 35.5. The summed E-state index contributed by atoms with van der Waals surface area (Å²) in [6.07, 6.45) is 1.05. The molecule has 2 rings (SSSR count). The van der Waals surface area contributed by atoms with E-state index in [2.05, 4.69) is 31.3 Å². The average Bonchev–Trinajstić information content (AvgIpc) is 2.49. The normalized spacial score (nSPS) is 12.2. The van der Waals surface area contributed by atoms with Gasteiger partial charge in [-0.25, -0.2) is 0 Å². The van der Waals surface area contributed by atoms with Crippen LogP contribution < -0.4 is 10.1 Å². The lowest BCUT2D eigenvalue weighted by molar-refractivity contribution is 0.477. The summed E-state index contributed by atoms with van der Waals surface area (Å²) in [5, 5.41) is 4.24. The Labute approximate surface area is 132 Å². The average molecular weight is 304 g/mol. The van der Waals surface area contributed by atoms with Gasteiger partial charge in [-0.15, -0.1) is 0 Å². The molecule has 2 aromatic carbocycles. The van der Waals surface area contributed by atoms with Gasteiger partial charge in [0, 0.05) is 11.1 Å². The van der Waals surface area contributed by atoms with E-state index >= 15 is 0 Å². The summed E-state index contributed by atoms with van der Waals surface area (Å²) >= 11 is 6.04. The van der Waals surface area contributed by atoms with Gasteiger partial charge in [0.15, 0.2) is 0 Å². The van der Waals surface area contributed by atoms with Gasteiger partial charge in [-0.05, 0) is 61.3 Å². The van der Waals surface area contributed by atoms with Gasteiger partial charge in [0.2, 0.25) is 0 Å². The number of halogens is 1.